The van der Waals surface area contributed by atoms with Crippen LogP contribution in [0.2, 0.25) is 5.02 Å². The lowest BCUT2D eigenvalue weighted by molar-refractivity contribution is 0.0968. The Balaban J connectivity index is 1.36. The molecule has 8 nitrogen and oxygen atoms in total. The highest BCUT2D eigenvalue weighted by Gasteiger charge is 2.22. The van der Waals surface area contributed by atoms with Gasteiger partial charge in [0.15, 0.2) is 0 Å². The van der Waals surface area contributed by atoms with E-state index in [2.05, 4.69) is 50.9 Å². The summed E-state index contributed by atoms with van der Waals surface area (Å²) in [5.41, 5.74) is 1.34. The molecule has 1 N–H and O–H groups in total. The molecule has 0 saturated carbocycles. The van der Waals surface area contributed by atoms with E-state index in [1.165, 1.54) is 12.4 Å². The number of anilines is 2. The second-order valence-electron chi connectivity index (χ2n) is 10.7. The number of nitrogens with zero attached hydrogens (tertiary/aromatic N) is 5. The van der Waals surface area contributed by atoms with Gasteiger partial charge in [0.05, 0.1) is 15.9 Å². The number of piperazine rings is 1. The van der Waals surface area contributed by atoms with E-state index in [0.717, 1.165) is 69.8 Å². The van der Waals surface area contributed by atoms with Crippen molar-refractivity contribution in [3.8, 4) is 11.5 Å². The molecule has 10 heteroatoms. The molecule has 0 aliphatic carbocycles. The first kappa shape index (κ1) is 27.8. The van der Waals surface area contributed by atoms with Crippen LogP contribution in [0.4, 0.5) is 15.9 Å². The molecule has 0 unspecified atom stereocenters. The van der Waals surface area contributed by atoms with Gasteiger partial charge < -0.3 is 19.7 Å². The average molecular weight is 557 g/mol. The van der Waals surface area contributed by atoms with Crippen molar-refractivity contribution >= 4 is 34.0 Å². The van der Waals surface area contributed by atoms with Gasteiger partial charge in [-0.15, -0.1) is 0 Å². The summed E-state index contributed by atoms with van der Waals surface area (Å²) in [5.74, 6) is 1.50. The van der Waals surface area contributed by atoms with Gasteiger partial charge in [0.2, 0.25) is 0 Å². The Labute approximate surface area is 235 Å². The van der Waals surface area contributed by atoms with E-state index in [1.807, 2.05) is 12.1 Å². The second-order valence-corrected chi connectivity index (χ2v) is 11.1. The van der Waals surface area contributed by atoms with Crippen LogP contribution in [0.5, 0.6) is 11.5 Å². The lowest BCUT2D eigenvalue weighted by atomic mass is 10.1. The molecule has 0 atom stereocenters. The van der Waals surface area contributed by atoms with Crippen LogP contribution in [-0.2, 0) is 0 Å². The fourth-order valence-electron chi connectivity index (χ4n) is 5.19. The Morgan fingerprint density at radius 1 is 1.05 bits per heavy atom. The molecule has 2 saturated heterocycles. The number of halogens is 2. The van der Waals surface area contributed by atoms with Crippen LogP contribution in [0, 0.1) is 5.82 Å². The van der Waals surface area contributed by atoms with Crippen LogP contribution in [0.1, 0.15) is 26.7 Å². The molecule has 3 heterocycles. The zero-order chi connectivity index (χ0) is 27.4. The first-order chi connectivity index (χ1) is 18.9. The number of rotatable bonds is 9. The van der Waals surface area contributed by atoms with Gasteiger partial charge in [0, 0.05) is 69.7 Å². The van der Waals surface area contributed by atoms with Gasteiger partial charge in [-0.1, -0.05) is 11.6 Å². The molecule has 2 aromatic carbocycles. The van der Waals surface area contributed by atoms with Gasteiger partial charge in [0.25, 0.3) is 0 Å². The summed E-state index contributed by atoms with van der Waals surface area (Å²) in [5, 5.41) is 4.08. The fraction of sp³-hybridized carbons (Fsp3) is 0.517. The summed E-state index contributed by atoms with van der Waals surface area (Å²) in [6.45, 7) is 12.2. The minimum atomic E-state index is -0.468. The molecule has 5 rings (SSSR count). The summed E-state index contributed by atoms with van der Waals surface area (Å²) < 4.78 is 26.6. The lowest BCUT2D eigenvalue weighted by Gasteiger charge is -2.36. The summed E-state index contributed by atoms with van der Waals surface area (Å²) in [6, 6.07) is 8.97. The Bertz CT molecular complexity index is 1260. The minimum absolute atomic E-state index is 0.0440. The van der Waals surface area contributed by atoms with Crippen molar-refractivity contribution in [1.82, 2.24) is 24.7 Å². The van der Waals surface area contributed by atoms with Crippen molar-refractivity contribution in [2.45, 2.75) is 38.8 Å². The first-order valence-corrected chi connectivity index (χ1v) is 14.2. The third kappa shape index (κ3) is 7.08. The number of fused-ring (bicyclic) bond motifs is 1. The van der Waals surface area contributed by atoms with Crippen LogP contribution in [0.3, 0.4) is 0 Å². The average Bonchev–Trinajstić information content (AvgIpc) is 2.92. The maximum Gasteiger partial charge on any atom is 0.145 e. The highest BCUT2D eigenvalue weighted by Crippen LogP contribution is 2.37. The number of ether oxygens (including phenoxy) is 2. The zero-order valence-electron chi connectivity index (χ0n) is 23.0. The van der Waals surface area contributed by atoms with Crippen LogP contribution in [-0.4, -0.2) is 96.3 Å². The number of hydrogen-bond acceptors (Lipinski definition) is 8. The maximum absolute atomic E-state index is 13.7. The van der Waals surface area contributed by atoms with E-state index in [4.69, 9.17) is 21.1 Å². The Hall–Kier alpha value is -2.72. The van der Waals surface area contributed by atoms with Crippen LogP contribution in [0.25, 0.3) is 10.9 Å². The second kappa shape index (κ2) is 12.6. The molecule has 210 valence electrons. The highest BCUT2D eigenvalue weighted by molar-refractivity contribution is 6.31. The van der Waals surface area contributed by atoms with Crippen molar-refractivity contribution in [2.75, 3.05) is 64.8 Å². The third-order valence-electron chi connectivity index (χ3n) is 7.63. The van der Waals surface area contributed by atoms with Crippen LogP contribution in [0.15, 0.2) is 36.7 Å². The van der Waals surface area contributed by atoms with E-state index in [0.29, 0.717) is 35.4 Å². The fourth-order valence-corrected chi connectivity index (χ4v) is 5.37. The normalized spacial score (nSPS) is 18.1. The predicted octanol–water partition coefficient (Wildman–Crippen LogP) is 5.04. The Morgan fingerprint density at radius 3 is 2.54 bits per heavy atom. The molecule has 0 amide bonds. The molecular formula is C29H38ClFN6O2. The molecule has 3 aromatic rings. The van der Waals surface area contributed by atoms with E-state index in [1.54, 1.807) is 12.1 Å². The highest BCUT2D eigenvalue weighted by atomic mass is 35.5. The Kier molecular flexibility index (Phi) is 9.02. The molecule has 0 bridgehead atoms. The molecule has 2 fully saturated rings. The van der Waals surface area contributed by atoms with Gasteiger partial charge in [-0.3, -0.25) is 9.80 Å². The summed E-state index contributed by atoms with van der Waals surface area (Å²) in [6.07, 6.45) is 3.48. The number of hydrogen-bond donors (Lipinski definition) is 1. The van der Waals surface area contributed by atoms with Gasteiger partial charge in [-0.25, -0.2) is 14.4 Å². The topological polar surface area (TPSA) is 66.0 Å². The summed E-state index contributed by atoms with van der Waals surface area (Å²) >= 11 is 6.02. The molecule has 2 aliphatic heterocycles. The number of benzene rings is 2. The largest absolute Gasteiger partial charge is 0.492 e. The maximum atomic E-state index is 13.7. The smallest absolute Gasteiger partial charge is 0.145 e. The van der Waals surface area contributed by atoms with Crippen molar-refractivity contribution in [3.05, 3.63) is 47.5 Å². The molecule has 1 aromatic heterocycles. The van der Waals surface area contributed by atoms with Crippen molar-refractivity contribution in [1.29, 1.82) is 0 Å². The third-order valence-corrected chi connectivity index (χ3v) is 7.92. The monoisotopic (exact) mass is 556 g/mol. The molecule has 2 aliphatic rings. The molecular weight excluding hydrogens is 519 g/mol. The number of nitrogens with one attached hydrogen (secondary N) is 1. The van der Waals surface area contributed by atoms with E-state index in [9.17, 15) is 4.39 Å². The molecule has 0 radical (unpaired) electrons. The number of aromatic nitrogens is 2. The quantitative estimate of drug-likeness (QED) is 0.393. The number of piperidine rings is 1. The van der Waals surface area contributed by atoms with Gasteiger partial charge in [-0.05, 0) is 51.9 Å². The van der Waals surface area contributed by atoms with E-state index >= 15 is 0 Å². The molecule has 39 heavy (non-hydrogen) atoms. The SMILES string of the molecule is CC(C)N1CCN(CCOc2cc(OC3CCN(C)CC3)c3c(Nc4ccc(F)c(Cl)c4)ncnc3c2)CC1. The number of likely N-dealkylation sites (tertiary alicyclic amines) is 1. The Morgan fingerprint density at radius 2 is 1.82 bits per heavy atom. The van der Waals surface area contributed by atoms with Crippen molar-refractivity contribution in [3.63, 3.8) is 0 Å². The van der Waals surface area contributed by atoms with Gasteiger partial charge in [0.1, 0.15) is 42.2 Å². The van der Waals surface area contributed by atoms with Crippen molar-refractivity contribution in [2.24, 2.45) is 0 Å². The predicted molar refractivity (Wildman–Crippen MR) is 154 cm³/mol. The van der Waals surface area contributed by atoms with E-state index in [-0.39, 0.29) is 11.1 Å². The van der Waals surface area contributed by atoms with E-state index < -0.39 is 5.82 Å². The van der Waals surface area contributed by atoms with Crippen LogP contribution >= 0.6 is 11.6 Å². The van der Waals surface area contributed by atoms with Gasteiger partial charge in [-0.2, -0.15) is 0 Å². The zero-order valence-corrected chi connectivity index (χ0v) is 23.8. The lowest BCUT2D eigenvalue weighted by Crippen LogP contribution is -2.49. The van der Waals surface area contributed by atoms with Crippen LogP contribution < -0.4 is 14.8 Å². The standard InChI is InChI=1S/C29H38ClFN6O2/c1-20(2)37-12-10-36(11-13-37)14-15-38-23-17-26-28(27(18-23)39-22-6-8-35(3)9-7-22)29(33-19-32-26)34-21-4-5-25(31)24(30)16-21/h4-5,16-20,22H,6-15H2,1-3H3,(H,32,33,34). The molecule has 0 spiro atoms. The minimum Gasteiger partial charge on any atom is -0.492 e. The first-order valence-electron chi connectivity index (χ1n) is 13.8. The van der Waals surface area contributed by atoms with Crippen molar-refractivity contribution < 1.29 is 13.9 Å². The van der Waals surface area contributed by atoms with Gasteiger partial charge >= 0.3 is 0 Å². The summed E-state index contributed by atoms with van der Waals surface area (Å²) in [4.78, 5) is 16.3. The summed E-state index contributed by atoms with van der Waals surface area (Å²) in [7, 11) is 2.13.